The molecule has 0 fully saturated rings. The first-order valence-corrected chi connectivity index (χ1v) is 8.55. The summed E-state index contributed by atoms with van der Waals surface area (Å²) in [6.07, 6.45) is 0. The molecular formula is C19H15ClN2O5. The number of esters is 1. The Kier molecular flexibility index (Phi) is 4.24. The lowest BCUT2D eigenvalue weighted by molar-refractivity contribution is 0.0404. The van der Waals surface area contributed by atoms with Crippen LogP contribution in [-0.2, 0) is 11.3 Å². The molecule has 0 radical (unpaired) electrons. The summed E-state index contributed by atoms with van der Waals surface area (Å²) in [5.74, 6) is 1.41. The number of furan rings is 2. The first-order chi connectivity index (χ1) is 12.9. The first-order valence-electron chi connectivity index (χ1n) is 8.18. The molecule has 0 N–H and O–H groups in total. The Balaban J connectivity index is 1.50. The zero-order valence-corrected chi connectivity index (χ0v) is 15.6. The molecule has 0 bridgehead atoms. The second kappa shape index (κ2) is 6.59. The van der Waals surface area contributed by atoms with Crippen molar-refractivity contribution in [1.82, 2.24) is 10.2 Å². The van der Waals surface area contributed by atoms with Crippen molar-refractivity contribution in [2.24, 2.45) is 0 Å². The van der Waals surface area contributed by atoms with Gasteiger partial charge in [-0.15, -0.1) is 10.2 Å². The van der Waals surface area contributed by atoms with Gasteiger partial charge in [-0.2, -0.15) is 0 Å². The van der Waals surface area contributed by atoms with Crippen LogP contribution in [0.2, 0.25) is 5.02 Å². The van der Waals surface area contributed by atoms with E-state index in [0.29, 0.717) is 33.4 Å². The molecular weight excluding hydrogens is 372 g/mol. The number of aryl methyl sites for hydroxylation is 3. The van der Waals surface area contributed by atoms with Crippen molar-refractivity contribution in [3.63, 3.8) is 0 Å². The van der Waals surface area contributed by atoms with Crippen molar-refractivity contribution in [3.8, 4) is 11.5 Å². The molecule has 1 aromatic carbocycles. The highest BCUT2D eigenvalue weighted by molar-refractivity contribution is 6.31. The third kappa shape index (κ3) is 3.21. The molecule has 3 heterocycles. The average molecular weight is 387 g/mol. The predicted octanol–water partition coefficient (Wildman–Crippen LogP) is 5.01. The second-order valence-corrected chi connectivity index (χ2v) is 6.54. The topological polar surface area (TPSA) is 91.5 Å². The molecule has 0 aliphatic rings. The van der Waals surface area contributed by atoms with E-state index >= 15 is 0 Å². The number of carbonyl (C=O) groups excluding carboxylic acids is 1. The highest BCUT2D eigenvalue weighted by atomic mass is 35.5. The summed E-state index contributed by atoms with van der Waals surface area (Å²) in [6, 6.07) is 6.95. The Hall–Kier alpha value is -3.06. The fraction of sp³-hybridized carbons (Fsp3) is 0.211. The fourth-order valence-electron chi connectivity index (χ4n) is 2.84. The summed E-state index contributed by atoms with van der Waals surface area (Å²) in [4.78, 5) is 12.4. The minimum absolute atomic E-state index is 0.119. The van der Waals surface area contributed by atoms with Crippen LogP contribution in [0, 0.1) is 20.8 Å². The van der Waals surface area contributed by atoms with E-state index in [1.54, 1.807) is 25.1 Å². The van der Waals surface area contributed by atoms with Crippen LogP contribution in [0.1, 0.15) is 33.5 Å². The van der Waals surface area contributed by atoms with Gasteiger partial charge < -0.3 is 18.0 Å². The monoisotopic (exact) mass is 386 g/mol. The van der Waals surface area contributed by atoms with Crippen LogP contribution < -0.4 is 0 Å². The van der Waals surface area contributed by atoms with Crippen LogP contribution >= 0.6 is 11.6 Å². The Labute approximate surface area is 158 Å². The fourth-order valence-corrected chi connectivity index (χ4v) is 3.02. The van der Waals surface area contributed by atoms with Gasteiger partial charge in [-0.1, -0.05) is 11.6 Å². The normalized spacial score (nSPS) is 11.3. The molecule has 4 rings (SSSR count). The van der Waals surface area contributed by atoms with Crippen molar-refractivity contribution in [2.75, 3.05) is 0 Å². The van der Waals surface area contributed by atoms with Crippen LogP contribution in [0.3, 0.4) is 0 Å². The van der Waals surface area contributed by atoms with Gasteiger partial charge in [0.15, 0.2) is 6.61 Å². The third-order valence-corrected chi connectivity index (χ3v) is 4.38. The standard InChI is InChI=1S/C19H15ClN2O5/c1-9-6-14(11(3)25-9)18-22-21-16(27-18)8-24-19(23)17-10(2)13-7-12(20)4-5-15(13)26-17/h4-7H,8H2,1-3H3. The highest BCUT2D eigenvalue weighted by Crippen LogP contribution is 2.29. The smallest absolute Gasteiger partial charge is 0.375 e. The average Bonchev–Trinajstić information content (AvgIpc) is 3.31. The van der Waals surface area contributed by atoms with Gasteiger partial charge in [-0.05, 0) is 45.0 Å². The van der Waals surface area contributed by atoms with E-state index in [1.165, 1.54) is 0 Å². The molecule has 8 heteroatoms. The van der Waals surface area contributed by atoms with Gasteiger partial charge >= 0.3 is 5.97 Å². The van der Waals surface area contributed by atoms with Crippen LogP contribution in [-0.4, -0.2) is 16.2 Å². The van der Waals surface area contributed by atoms with Gasteiger partial charge in [0.05, 0.1) is 5.56 Å². The van der Waals surface area contributed by atoms with E-state index in [0.717, 1.165) is 11.1 Å². The summed E-state index contributed by atoms with van der Waals surface area (Å²) in [7, 11) is 0. The number of halogens is 1. The molecule has 0 atom stereocenters. The number of hydrogen-bond donors (Lipinski definition) is 0. The van der Waals surface area contributed by atoms with E-state index in [9.17, 15) is 4.79 Å². The van der Waals surface area contributed by atoms with E-state index in [-0.39, 0.29) is 18.3 Å². The Morgan fingerprint density at radius 2 is 1.93 bits per heavy atom. The molecule has 0 aliphatic heterocycles. The molecule has 4 aromatic rings. The number of fused-ring (bicyclic) bond motifs is 1. The van der Waals surface area contributed by atoms with Gasteiger partial charge in [0.25, 0.3) is 11.8 Å². The minimum atomic E-state index is -0.616. The van der Waals surface area contributed by atoms with Crippen molar-refractivity contribution >= 4 is 28.5 Å². The Bertz CT molecular complexity index is 1150. The van der Waals surface area contributed by atoms with Crippen LogP contribution in [0.5, 0.6) is 0 Å². The zero-order chi connectivity index (χ0) is 19.1. The summed E-state index contributed by atoms with van der Waals surface area (Å²) in [5, 5.41) is 9.20. The summed E-state index contributed by atoms with van der Waals surface area (Å²) in [5.41, 5.74) is 1.94. The number of carbonyl (C=O) groups is 1. The molecule has 0 spiro atoms. The number of rotatable bonds is 4. The molecule has 0 saturated heterocycles. The summed E-state index contributed by atoms with van der Waals surface area (Å²) >= 11 is 5.99. The van der Waals surface area contributed by atoms with Crippen LogP contribution in [0.25, 0.3) is 22.4 Å². The maximum Gasteiger partial charge on any atom is 0.375 e. The summed E-state index contributed by atoms with van der Waals surface area (Å²) in [6.45, 7) is 5.24. The maximum absolute atomic E-state index is 12.4. The Morgan fingerprint density at radius 1 is 1.11 bits per heavy atom. The van der Waals surface area contributed by atoms with Gasteiger partial charge in [-0.25, -0.2) is 4.79 Å². The Morgan fingerprint density at radius 3 is 2.67 bits per heavy atom. The first kappa shape index (κ1) is 17.4. The van der Waals surface area contributed by atoms with Crippen molar-refractivity contribution in [1.29, 1.82) is 0 Å². The molecule has 138 valence electrons. The molecule has 0 unspecified atom stereocenters. The molecule has 3 aromatic heterocycles. The molecule has 7 nitrogen and oxygen atoms in total. The lowest BCUT2D eigenvalue weighted by Crippen LogP contribution is -2.05. The second-order valence-electron chi connectivity index (χ2n) is 6.10. The van der Waals surface area contributed by atoms with E-state index in [1.807, 2.05) is 19.9 Å². The van der Waals surface area contributed by atoms with E-state index in [2.05, 4.69) is 10.2 Å². The molecule has 27 heavy (non-hydrogen) atoms. The van der Waals surface area contributed by atoms with Gasteiger partial charge in [0.1, 0.15) is 17.1 Å². The third-order valence-electron chi connectivity index (χ3n) is 4.15. The lowest BCUT2D eigenvalue weighted by atomic mass is 10.1. The van der Waals surface area contributed by atoms with E-state index in [4.69, 9.17) is 29.6 Å². The zero-order valence-electron chi connectivity index (χ0n) is 14.8. The van der Waals surface area contributed by atoms with Crippen LogP contribution in [0.15, 0.2) is 37.5 Å². The lowest BCUT2D eigenvalue weighted by Gasteiger charge is -1.99. The number of aromatic nitrogens is 2. The molecule has 0 amide bonds. The van der Waals surface area contributed by atoms with Crippen LogP contribution in [0.4, 0.5) is 0 Å². The number of benzene rings is 1. The minimum Gasteiger partial charge on any atom is -0.466 e. The van der Waals surface area contributed by atoms with Crippen molar-refractivity contribution in [2.45, 2.75) is 27.4 Å². The number of hydrogen-bond acceptors (Lipinski definition) is 7. The van der Waals surface area contributed by atoms with Gasteiger partial charge in [0.2, 0.25) is 5.76 Å². The predicted molar refractivity (Wildman–Crippen MR) is 96.6 cm³/mol. The SMILES string of the molecule is Cc1cc(-c2nnc(COC(=O)c3oc4ccc(Cl)cc4c3C)o2)c(C)o1. The molecule has 0 aliphatic carbocycles. The van der Waals surface area contributed by atoms with Gasteiger partial charge in [0, 0.05) is 16.0 Å². The van der Waals surface area contributed by atoms with Crippen molar-refractivity contribution < 1.29 is 22.8 Å². The quantitative estimate of drug-likeness (QED) is 0.455. The van der Waals surface area contributed by atoms with Gasteiger partial charge in [-0.3, -0.25) is 0 Å². The van der Waals surface area contributed by atoms with E-state index < -0.39 is 5.97 Å². The largest absolute Gasteiger partial charge is 0.466 e. The number of nitrogens with zero attached hydrogens (tertiary/aromatic N) is 2. The number of ether oxygens (including phenoxy) is 1. The molecule has 0 saturated carbocycles. The summed E-state index contributed by atoms with van der Waals surface area (Å²) < 4.78 is 21.8. The van der Waals surface area contributed by atoms with Crippen molar-refractivity contribution in [3.05, 3.63) is 58.0 Å². The maximum atomic E-state index is 12.4. The highest BCUT2D eigenvalue weighted by Gasteiger charge is 2.21.